The molecule has 2 unspecified atom stereocenters. The number of rotatable bonds is 6. The Morgan fingerprint density at radius 3 is 2.47 bits per heavy atom. The van der Waals surface area contributed by atoms with Crippen molar-refractivity contribution in [2.45, 2.75) is 51.7 Å². The highest BCUT2D eigenvalue weighted by atomic mass is 79.9. The second-order valence-electron chi connectivity index (χ2n) is 6.18. The van der Waals surface area contributed by atoms with E-state index in [1.165, 1.54) is 18.4 Å². The van der Waals surface area contributed by atoms with Crippen LogP contribution >= 0.6 is 15.9 Å². The predicted molar refractivity (Wildman–Crippen MR) is 85.1 cm³/mol. The van der Waals surface area contributed by atoms with Crippen molar-refractivity contribution in [1.82, 2.24) is 4.90 Å². The SMILES string of the molecule is CC(C)CN(C1CC1)C(c1cccc(Br)c1)C(C)N. The fraction of sp³-hybridized carbons (Fsp3) is 0.625. The number of hydrogen-bond donors (Lipinski definition) is 1. The quantitative estimate of drug-likeness (QED) is 0.858. The molecule has 106 valence electrons. The van der Waals surface area contributed by atoms with Gasteiger partial charge in [0.1, 0.15) is 0 Å². The first-order valence-electron chi connectivity index (χ1n) is 7.26. The van der Waals surface area contributed by atoms with Crippen molar-refractivity contribution in [1.29, 1.82) is 0 Å². The molecule has 2 nitrogen and oxygen atoms in total. The highest BCUT2D eigenvalue weighted by Gasteiger charge is 2.36. The third-order valence-corrected chi connectivity index (χ3v) is 4.13. The largest absolute Gasteiger partial charge is 0.326 e. The molecule has 0 aliphatic heterocycles. The third-order valence-electron chi connectivity index (χ3n) is 3.64. The number of hydrogen-bond acceptors (Lipinski definition) is 2. The molecule has 2 atom stereocenters. The molecule has 0 bridgehead atoms. The summed E-state index contributed by atoms with van der Waals surface area (Å²) in [5, 5.41) is 0. The number of nitrogens with zero attached hydrogens (tertiary/aromatic N) is 1. The minimum absolute atomic E-state index is 0.147. The smallest absolute Gasteiger partial charge is 0.0499 e. The Hall–Kier alpha value is -0.380. The molecular weight excluding hydrogens is 300 g/mol. The summed E-state index contributed by atoms with van der Waals surface area (Å²) >= 11 is 3.57. The molecule has 1 aromatic rings. The molecule has 1 aromatic carbocycles. The summed E-state index contributed by atoms with van der Waals surface area (Å²) < 4.78 is 1.14. The molecule has 1 aliphatic rings. The van der Waals surface area contributed by atoms with Gasteiger partial charge in [-0.1, -0.05) is 41.9 Å². The summed E-state index contributed by atoms with van der Waals surface area (Å²) in [4.78, 5) is 2.62. The Kier molecular flexibility index (Phi) is 5.04. The summed E-state index contributed by atoms with van der Waals surface area (Å²) in [6.07, 6.45) is 2.65. The van der Waals surface area contributed by atoms with Crippen LogP contribution in [0.1, 0.15) is 45.2 Å². The van der Waals surface area contributed by atoms with Crippen LogP contribution in [0, 0.1) is 5.92 Å². The molecule has 2 N–H and O–H groups in total. The van der Waals surface area contributed by atoms with Crippen LogP contribution in [0.5, 0.6) is 0 Å². The Morgan fingerprint density at radius 2 is 2.00 bits per heavy atom. The van der Waals surface area contributed by atoms with Crippen LogP contribution in [0.15, 0.2) is 28.7 Å². The van der Waals surface area contributed by atoms with Gasteiger partial charge in [0, 0.05) is 29.1 Å². The van der Waals surface area contributed by atoms with Crippen LogP contribution < -0.4 is 5.73 Å². The number of nitrogens with two attached hydrogens (primary N) is 1. The van der Waals surface area contributed by atoms with E-state index >= 15 is 0 Å². The van der Waals surface area contributed by atoms with Gasteiger partial charge in [-0.3, -0.25) is 4.90 Å². The average molecular weight is 325 g/mol. The monoisotopic (exact) mass is 324 g/mol. The molecule has 0 aromatic heterocycles. The lowest BCUT2D eigenvalue weighted by Gasteiger charge is -2.36. The van der Waals surface area contributed by atoms with Crippen LogP contribution in [0.2, 0.25) is 0 Å². The van der Waals surface area contributed by atoms with Crippen molar-refractivity contribution in [3.05, 3.63) is 34.3 Å². The van der Waals surface area contributed by atoms with Crippen LogP contribution in [0.4, 0.5) is 0 Å². The predicted octanol–water partition coefficient (Wildman–Crippen LogP) is 3.96. The lowest BCUT2D eigenvalue weighted by Crippen LogP contribution is -2.42. The van der Waals surface area contributed by atoms with E-state index in [9.17, 15) is 0 Å². The number of halogens is 1. The molecule has 2 rings (SSSR count). The maximum absolute atomic E-state index is 6.30. The van der Waals surface area contributed by atoms with Crippen molar-refractivity contribution in [2.24, 2.45) is 11.7 Å². The normalized spacial score (nSPS) is 18.9. The van der Waals surface area contributed by atoms with E-state index in [0.717, 1.165) is 17.1 Å². The van der Waals surface area contributed by atoms with Gasteiger partial charge in [-0.05, 0) is 43.4 Å². The first-order chi connectivity index (χ1) is 8.99. The van der Waals surface area contributed by atoms with E-state index in [1.807, 2.05) is 0 Å². The highest BCUT2D eigenvalue weighted by Crippen LogP contribution is 2.36. The maximum Gasteiger partial charge on any atom is 0.0499 e. The standard InChI is InChI=1S/C16H25BrN2/c1-11(2)10-19(15-7-8-15)16(12(3)18)13-5-4-6-14(17)9-13/h4-6,9,11-12,15-16H,7-8,10,18H2,1-3H3. The fourth-order valence-electron chi connectivity index (χ4n) is 2.81. The van der Waals surface area contributed by atoms with Crippen molar-refractivity contribution in [3.63, 3.8) is 0 Å². The van der Waals surface area contributed by atoms with Crippen LogP contribution in [0.25, 0.3) is 0 Å². The van der Waals surface area contributed by atoms with Gasteiger partial charge in [-0.15, -0.1) is 0 Å². The van der Waals surface area contributed by atoms with Crippen molar-refractivity contribution < 1.29 is 0 Å². The zero-order chi connectivity index (χ0) is 14.0. The van der Waals surface area contributed by atoms with E-state index in [2.05, 4.69) is 65.9 Å². The minimum Gasteiger partial charge on any atom is -0.326 e. The first kappa shape index (κ1) is 15.0. The van der Waals surface area contributed by atoms with Crippen molar-refractivity contribution in [3.8, 4) is 0 Å². The van der Waals surface area contributed by atoms with Crippen molar-refractivity contribution >= 4 is 15.9 Å². The van der Waals surface area contributed by atoms with Gasteiger partial charge < -0.3 is 5.73 Å². The van der Waals surface area contributed by atoms with E-state index in [0.29, 0.717) is 12.0 Å². The summed E-state index contributed by atoms with van der Waals surface area (Å²) in [5.74, 6) is 0.675. The molecule has 0 saturated heterocycles. The maximum atomic E-state index is 6.30. The molecular formula is C16H25BrN2. The van der Waals surface area contributed by atoms with E-state index < -0.39 is 0 Å². The molecule has 0 heterocycles. The second kappa shape index (κ2) is 6.38. The molecule has 1 aliphatic carbocycles. The Bertz CT molecular complexity index is 413. The van der Waals surface area contributed by atoms with Gasteiger partial charge >= 0.3 is 0 Å². The molecule has 0 amide bonds. The lowest BCUT2D eigenvalue weighted by molar-refractivity contribution is 0.147. The second-order valence-corrected chi connectivity index (χ2v) is 7.10. The van der Waals surface area contributed by atoms with Crippen molar-refractivity contribution in [2.75, 3.05) is 6.54 Å². The van der Waals surface area contributed by atoms with Crippen LogP contribution in [-0.2, 0) is 0 Å². The van der Waals surface area contributed by atoms with Gasteiger partial charge in [0.25, 0.3) is 0 Å². The van der Waals surface area contributed by atoms with Gasteiger partial charge in [-0.25, -0.2) is 0 Å². The molecule has 19 heavy (non-hydrogen) atoms. The zero-order valence-electron chi connectivity index (χ0n) is 12.1. The molecule has 0 radical (unpaired) electrons. The van der Waals surface area contributed by atoms with Crippen LogP contribution in [-0.4, -0.2) is 23.5 Å². The van der Waals surface area contributed by atoms with Gasteiger partial charge in [0.05, 0.1) is 0 Å². The minimum atomic E-state index is 0.147. The number of benzene rings is 1. The zero-order valence-corrected chi connectivity index (χ0v) is 13.7. The topological polar surface area (TPSA) is 29.3 Å². The molecule has 1 fully saturated rings. The summed E-state index contributed by atoms with van der Waals surface area (Å²) in [6, 6.07) is 9.80. The van der Waals surface area contributed by atoms with Gasteiger partial charge in [0.2, 0.25) is 0 Å². The average Bonchev–Trinajstić information content (AvgIpc) is 3.10. The van der Waals surface area contributed by atoms with E-state index in [4.69, 9.17) is 5.73 Å². The van der Waals surface area contributed by atoms with Gasteiger partial charge in [-0.2, -0.15) is 0 Å². The van der Waals surface area contributed by atoms with E-state index in [-0.39, 0.29) is 6.04 Å². The van der Waals surface area contributed by atoms with Gasteiger partial charge in [0.15, 0.2) is 0 Å². The lowest BCUT2D eigenvalue weighted by atomic mass is 9.98. The molecule has 1 saturated carbocycles. The third kappa shape index (κ3) is 4.04. The molecule has 0 spiro atoms. The highest BCUT2D eigenvalue weighted by molar-refractivity contribution is 9.10. The Labute approximate surface area is 125 Å². The first-order valence-corrected chi connectivity index (χ1v) is 8.05. The Balaban J connectivity index is 2.26. The molecule has 3 heteroatoms. The summed E-state index contributed by atoms with van der Waals surface area (Å²) in [6.45, 7) is 7.83. The Morgan fingerprint density at radius 1 is 1.32 bits per heavy atom. The summed E-state index contributed by atoms with van der Waals surface area (Å²) in [7, 11) is 0. The van der Waals surface area contributed by atoms with Crippen LogP contribution in [0.3, 0.4) is 0 Å². The van der Waals surface area contributed by atoms with E-state index in [1.54, 1.807) is 0 Å². The summed E-state index contributed by atoms with van der Waals surface area (Å²) in [5.41, 5.74) is 7.63. The fourth-order valence-corrected chi connectivity index (χ4v) is 3.22.